The van der Waals surface area contributed by atoms with E-state index in [1.165, 1.54) is 0 Å². The molecule has 0 aromatic rings. The van der Waals surface area contributed by atoms with Crippen molar-refractivity contribution in [3.63, 3.8) is 0 Å². The molecule has 0 aromatic carbocycles. The van der Waals surface area contributed by atoms with Crippen molar-refractivity contribution in [2.45, 2.75) is 31.8 Å². The third kappa shape index (κ3) is 1.21. The van der Waals surface area contributed by atoms with Crippen molar-refractivity contribution in [1.29, 1.82) is 0 Å². The minimum Gasteiger partial charge on any atom is -0.371 e. The van der Waals surface area contributed by atoms with E-state index in [1.807, 2.05) is 0 Å². The molecule has 1 rings (SSSR count). The number of hydrogen-bond donors (Lipinski definition) is 0. The number of rotatable bonds is 2. The van der Waals surface area contributed by atoms with Crippen molar-refractivity contribution in [2.75, 3.05) is 7.11 Å². The van der Waals surface area contributed by atoms with Gasteiger partial charge in [0.2, 0.25) is 0 Å². The molecule has 2 heteroatoms. The molecule has 0 spiro atoms. The molecular weight excluding hydrogens is 128 g/mol. The highest BCUT2D eigenvalue weighted by atomic mass is 16.5. The van der Waals surface area contributed by atoms with Gasteiger partial charge in [0.15, 0.2) is 6.29 Å². The Kier molecular flexibility index (Phi) is 2.09. The second kappa shape index (κ2) is 2.70. The molecule has 0 saturated heterocycles. The summed E-state index contributed by atoms with van der Waals surface area (Å²) in [5, 5.41) is 0. The molecule has 0 aliphatic heterocycles. The Balaban J connectivity index is 2.59. The smallest absolute Gasteiger partial charge is 0.151 e. The van der Waals surface area contributed by atoms with Gasteiger partial charge in [-0.05, 0) is 25.2 Å². The molecule has 2 unspecified atom stereocenters. The van der Waals surface area contributed by atoms with Crippen LogP contribution in [0.4, 0.5) is 0 Å². The van der Waals surface area contributed by atoms with Crippen LogP contribution in [0.1, 0.15) is 26.2 Å². The predicted molar refractivity (Wildman–Crippen MR) is 38.8 cm³/mol. The van der Waals surface area contributed by atoms with Crippen molar-refractivity contribution >= 4 is 6.29 Å². The zero-order valence-corrected chi connectivity index (χ0v) is 6.59. The first-order chi connectivity index (χ1) is 4.72. The minimum atomic E-state index is -0.431. The van der Waals surface area contributed by atoms with Crippen molar-refractivity contribution in [1.82, 2.24) is 0 Å². The van der Waals surface area contributed by atoms with E-state index in [4.69, 9.17) is 4.74 Å². The Morgan fingerprint density at radius 3 is 2.60 bits per heavy atom. The molecule has 0 aromatic heterocycles. The lowest BCUT2D eigenvalue weighted by molar-refractivity contribution is -0.127. The van der Waals surface area contributed by atoms with Gasteiger partial charge in [0.25, 0.3) is 0 Å². The number of aldehydes is 1. The predicted octanol–water partition coefficient (Wildman–Crippen LogP) is 1.39. The summed E-state index contributed by atoms with van der Waals surface area (Å²) in [6.45, 7) is 2.16. The van der Waals surface area contributed by atoms with Gasteiger partial charge in [0, 0.05) is 7.11 Å². The first-order valence-electron chi connectivity index (χ1n) is 3.74. The zero-order chi connectivity index (χ0) is 7.61. The van der Waals surface area contributed by atoms with Crippen LogP contribution in [0.25, 0.3) is 0 Å². The van der Waals surface area contributed by atoms with Crippen LogP contribution in [-0.4, -0.2) is 19.0 Å². The molecule has 58 valence electrons. The van der Waals surface area contributed by atoms with E-state index < -0.39 is 5.60 Å². The summed E-state index contributed by atoms with van der Waals surface area (Å²) >= 11 is 0. The molecule has 1 aliphatic rings. The molecule has 0 bridgehead atoms. The maximum atomic E-state index is 10.6. The van der Waals surface area contributed by atoms with Crippen molar-refractivity contribution < 1.29 is 9.53 Å². The summed E-state index contributed by atoms with van der Waals surface area (Å²) in [6.07, 6.45) is 3.87. The van der Waals surface area contributed by atoms with Crippen LogP contribution in [0.2, 0.25) is 0 Å². The molecule has 10 heavy (non-hydrogen) atoms. The SMILES string of the molecule is COC1(C=O)CCC(C)C1. The van der Waals surface area contributed by atoms with Gasteiger partial charge in [-0.25, -0.2) is 0 Å². The third-order valence-corrected chi connectivity index (χ3v) is 2.38. The average molecular weight is 142 g/mol. The van der Waals surface area contributed by atoms with Crippen LogP contribution in [0.5, 0.6) is 0 Å². The van der Waals surface area contributed by atoms with Crippen LogP contribution in [0.3, 0.4) is 0 Å². The van der Waals surface area contributed by atoms with Crippen LogP contribution >= 0.6 is 0 Å². The van der Waals surface area contributed by atoms with Gasteiger partial charge in [0.05, 0.1) is 0 Å². The topological polar surface area (TPSA) is 26.3 Å². The van der Waals surface area contributed by atoms with E-state index in [9.17, 15) is 4.79 Å². The summed E-state index contributed by atoms with van der Waals surface area (Å²) in [7, 11) is 1.62. The highest BCUT2D eigenvalue weighted by molar-refractivity contribution is 5.63. The molecule has 1 aliphatic carbocycles. The summed E-state index contributed by atoms with van der Waals surface area (Å²) in [4.78, 5) is 10.6. The fourth-order valence-corrected chi connectivity index (χ4v) is 1.63. The van der Waals surface area contributed by atoms with Gasteiger partial charge in [-0.15, -0.1) is 0 Å². The lowest BCUT2D eigenvalue weighted by Crippen LogP contribution is -2.29. The first kappa shape index (κ1) is 7.73. The first-order valence-corrected chi connectivity index (χ1v) is 3.74. The van der Waals surface area contributed by atoms with E-state index in [1.54, 1.807) is 7.11 Å². The van der Waals surface area contributed by atoms with Gasteiger partial charge < -0.3 is 9.53 Å². The van der Waals surface area contributed by atoms with E-state index in [0.29, 0.717) is 5.92 Å². The lowest BCUT2D eigenvalue weighted by Gasteiger charge is -2.19. The average Bonchev–Trinajstić information content (AvgIpc) is 2.33. The van der Waals surface area contributed by atoms with Gasteiger partial charge in [-0.3, -0.25) is 0 Å². The number of ether oxygens (including phenoxy) is 1. The monoisotopic (exact) mass is 142 g/mol. The van der Waals surface area contributed by atoms with Gasteiger partial charge >= 0.3 is 0 Å². The highest BCUT2D eigenvalue weighted by Gasteiger charge is 2.36. The normalized spacial score (nSPS) is 40.0. The Morgan fingerprint density at radius 1 is 1.70 bits per heavy atom. The van der Waals surface area contributed by atoms with Crippen molar-refractivity contribution in [3.05, 3.63) is 0 Å². The quantitative estimate of drug-likeness (QED) is 0.544. The van der Waals surface area contributed by atoms with Crippen LogP contribution in [0, 0.1) is 5.92 Å². The molecule has 0 amide bonds. The lowest BCUT2D eigenvalue weighted by atomic mass is 10.0. The van der Waals surface area contributed by atoms with Crippen LogP contribution in [-0.2, 0) is 9.53 Å². The molecule has 1 fully saturated rings. The van der Waals surface area contributed by atoms with Crippen LogP contribution in [0.15, 0.2) is 0 Å². The Hall–Kier alpha value is -0.370. The molecule has 0 heterocycles. The maximum absolute atomic E-state index is 10.6. The molecule has 0 N–H and O–H groups in total. The third-order valence-electron chi connectivity index (χ3n) is 2.38. The number of hydrogen-bond acceptors (Lipinski definition) is 2. The Labute approximate surface area is 61.6 Å². The minimum absolute atomic E-state index is 0.431. The molecule has 1 saturated carbocycles. The number of methoxy groups -OCH3 is 1. The fourth-order valence-electron chi connectivity index (χ4n) is 1.63. The number of carbonyl (C=O) groups is 1. The largest absolute Gasteiger partial charge is 0.371 e. The molecular formula is C8H14O2. The van der Waals surface area contributed by atoms with Crippen molar-refractivity contribution in [2.24, 2.45) is 5.92 Å². The second-order valence-electron chi connectivity index (χ2n) is 3.23. The standard InChI is InChI=1S/C8H14O2/c1-7-3-4-8(5-7,6-9)10-2/h6-7H,3-5H2,1-2H3. The molecule has 2 nitrogen and oxygen atoms in total. The second-order valence-corrected chi connectivity index (χ2v) is 3.23. The summed E-state index contributed by atoms with van der Waals surface area (Å²) in [6, 6.07) is 0. The van der Waals surface area contributed by atoms with E-state index in [-0.39, 0.29) is 0 Å². The van der Waals surface area contributed by atoms with Gasteiger partial charge in [-0.2, -0.15) is 0 Å². The van der Waals surface area contributed by atoms with E-state index in [2.05, 4.69) is 6.92 Å². The molecule has 0 radical (unpaired) electrons. The maximum Gasteiger partial charge on any atom is 0.151 e. The summed E-state index contributed by atoms with van der Waals surface area (Å²) in [5.41, 5.74) is -0.431. The van der Waals surface area contributed by atoms with Gasteiger partial charge in [0.1, 0.15) is 5.60 Å². The van der Waals surface area contributed by atoms with Gasteiger partial charge in [-0.1, -0.05) is 6.92 Å². The number of carbonyl (C=O) groups excluding carboxylic acids is 1. The molecule has 2 atom stereocenters. The zero-order valence-electron chi connectivity index (χ0n) is 6.59. The Morgan fingerprint density at radius 2 is 2.40 bits per heavy atom. The fraction of sp³-hybridized carbons (Fsp3) is 0.875. The summed E-state index contributed by atoms with van der Waals surface area (Å²) < 4.78 is 5.15. The Bertz CT molecular complexity index is 133. The highest BCUT2D eigenvalue weighted by Crippen LogP contribution is 2.34. The van der Waals surface area contributed by atoms with E-state index in [0.717, 1.165) is 25.5 Å². The van der Waals surface area contributed by atoms with Crippen molar-refractivity contribution in [3.8, 4) is 0 Å². The summed E-state index contributed by atoms with van der Waals surface area (Å²) in [5.74, 6) is 0.644. The van der Waals surface area contributed by atoms with Crippen LogP contribution < -0.4 is 0 Å². The van der Waals surface area contributed by atoms with E-state index >= 15 is 0 Å².